The molecule has 2 aromatic carbocycles. The van der Waals surface area contributed by atoms with Crippen molar-refractivity contribution in [3.8, 4) is 11.5 Å². The molecule has 20 heavy (non-hydrogen) atoms. The third-order valence-corrected chi connectivity index (χ3v) is 3.95. The molecule has 0 heterocycles. The molecule has 0 aliphatic carbocycles. The zero-order chi connectivity index (χ0) is 14.8. The van der Waals surface area contributed by atoms with Crippen LogP contribution in [0, 0.1) is 0 Å². The van der Waals surface area contributed by atoms with E-state index in [1.165, 1.54) is 0 Å². The van der Waals surface area contributed by atoms with E-state index in [1.54, 1.807) is 30.3 Å². The third kappa shape index (κ3) is 3.10. The van der Waals surface area contributed by atoms with Crippen molar-refractivity contribution in [2.24, 2.45) is 0 Å². The molecule has 6 heteroatoms. The topological polar surface area (TPSA) is 86.6 Å². The summed E-state index contributed by atoms with van der Waals surface area (Å²) >= 11 is 0. The molecule has 0 aliphatic rings. The van der Waals surface area contributed by atoms with Crippen molar-refractivity contribution in [3.05, 3.63) is 54.6 Å². The molecular formula is C14H13NO4S. The Kier molecular flexibility index (Phi) is 3.67. The molecular weight excluding hydrogens is 278 g/mol. The first-order chi connectivity index (χ1) is 9.40. The van der Waals surface area contributed by atoms with Gasteiger partial charge in [-0.15, -0.1) is 0 Å². The number of nitrogens with one attached hydrogen (secondary N) is 1. The van der Waals surface area contributed by atoms with Crippen molar-refractivity contribution >= 4 is 21.8 Å². The van der Waals surface area contributed by atoms with Crippen LogP contribution in [-0.2, 0) is 10.0 Å². The molecule has 0 radical (unpaired) electrons. The van der Waals surface area contributed by atoms with E-state index in [-0.39, 0.29) is 16.4 Å². The number of hydrogen-bond acceptors (Lipinski definition) is 4. The lowest BCUT2D eigenvalue weighted by molar-refractivity contribution is 0.447. The van der Waals surface area contributed by atoms with Gasteiger partial charge in [-0.25, -0.2) is 8.42 Å². The Morgan fingerprint density at radius 2 is 1.55 bits per heavy atom. The molecule has 0 bridgehead atoms. The fourth-order valence-corrected chi connectivity index (χ4v) is 2.74. The van der Waals surface area contributed by atoms with E-state index < -0.39 is 10.0 Å². The summed E-state index contributed by atoms with van der Waals surface area (Å²) in [4.78, 5) is -0.220. The number of hydrogen-bond donors (Lipinski definition) is 3. The van der Waals surface area contributed by atoms with E-state index in [0.29, 0.717) is 5.69 Å². The van der Waals surface area contributed by atoms with Gasteiger partial charge in [0, 0.05) is 23.9 Å². The molecule has 104 valence electrons. The van der Waals surface area contributed by atoms with Gasteiger partial charge in [-0.1, -0.05) is 24.8 Å². The zero-order valence-electron chi connectivity index (χ0n) is 10.4. The van der Waals surface area contributed by atoms with Gasteiger partial charge >= 0.3 is 0 Å². The number of aromatic hydroxyl groups is 2. The van der Waals surface area contributed by atoms with Crippen LogP contribution in [-0.4, -0.2) is 18.6 Å². The molecule has 0 saturated heterocycles. The highest BCUT2D eigenvalue weighted by molar-refractivity contribution is 7.92. The highest BCUT2D eigenvalue weighted by Crippen LogP contribution is 2.25. The standard InChI is InChI=1S/C14H13NO4S/c1-2-10-3-5-11(6-4-10)15-20(18,19)14-8-12(16)7-13(17)9-14/h2-9,15-17H,1H2. The lowest BCUT2D eigenvalue weighted by Gasteiger charge is -2.09. The maximum Gasteiger partial charge on any atom is 0.262 e. The second-order valence-corrected chi connectivity index (χ2v) is 5.80. The summed E-state index contributed by atoms with van der Waals surface area (Å²) in [5.41, 5.74) is 1.24. The number of phenolic OH excluding ortho intramolecular Hbond substituents is 2. The van der Waals surface area contributed by atoms with Gasteiger partial charge < -0.3 is 10.2 Å². The van der Waals surface area contributed by atoms with Gasteiger partial charge in [0.15, 0.2) is 0 Å². The zero-order valence-corrected chi connectivity index (χ0v) is 11.3. The fourth-order valence-electron chi connectivity index (χ4n) is 1.62. The number of anilines is 1. The van der Waals surface area contributed by atoms with Gasteiger partial charge in [0.1, 0.15) is 11.5 Å². The van der Waals surface area contributed by atoms with Crippen molar-refractivity contribution in [3.63, 3.8) is 0 Å². The van der Waals surface area contributed by atoms with E-state index in [0.717, 1.165) is 23.8 Å². The molecule has 0 spiro atoms. The Labute approximate surface area is 116 Å². The molecule has 0 saturated carbocycles. The van der Waals surface area contributed by atoms with Gasteiger partial charge in [0.25, 0.3) is 10.0 Å². The molecule has 2 aromatic rings. The van der Waals surface area contributed by atoms with E-state index in [2.05, 4.69) is 11.3 Å². The summed E-state index contributed by atoms with van der Waals surface area (Å²) in [6.45, 7) is 3.61. The SMILES string of the molecule is C=Cc1ccc(NS(=O)(=O)c2cc(O)cc(O)c2)cc1. The molecule has 3 N–H and O–H groups in total. The fraction of sp³-hybridized carbons (Fsp3) is 0. The summed E-state index contributed by atoms with van der Waals surface area (Å²) in [6.07, 6.45) is 1.64. The average Bonchev–Trinajstić information content (AvgIpc) is 2.38. The predicted molar refractivity (Wildman–Crippen MR) is 77.1 cm³/mol. The average molecular weight is 291 g/mol. The second-order valence-electron chi connectivity index (χ2n) is 4.12. The number of rotatable bonds is 4. The predicted octanol–water partition coefficient (Wildman–Crippen LogP) is 2.54. The first-order valence-electron chi connectivity index (χ1n) is 5.69. The summed E-state index contributed by atoms with van der Waals surface area (Å²) in [6, 6.07) is 9.78. The van der Waals surface area contributed by atoms with E-state index in [4.69, 9.17) is 0 Å². The van der Waals surface area contributed by atoms with Crippen LogP contribution in [0.5, 0.6) is 11.5 Å². The van der Waals surface area contributed by atoms with Crippen molar-refractivity contribution in [2.45, 2.75) is 4.90 Å². The summed E-state index contributed by atoms with van der Waals surface area (Å²) in [7, 11) is -3.87. The molecule has 0 aliphatic heterocycles. The summed E-state index contributed by atoms with van der Waals surface area (Å²) < 4.78 is 26.6. The lowest BCUT2D eigenvalue weighted by atomic mass is 10.2. The molecule has 0 atom stereocenters. The first kappa shape index (κ1) is 14.0. The van der Waals surface area contributed by atoms with Crippen LogP contribution in [0.25, 0.3) is 6.08 Å². The highest BCUT2D eigenvalue weighted by Gasteiger charge is 2.16. The van der Waals surface area contributed by atoms with Gasteiger partial charge in [-0.05, 0) is 17.7 Å². The minimum absolute atomic E-state index is 0.220. The van der Waals surface area contributed by atoms with Crippen molar-refractivity contribution in [1.82, 2.24) is 0 Å². The van der Waals surface area contributed by atoms with E-state index in [9.17, 15) is 18.6 Å². The Balaban J connectivity index is 2.32. The molecule has 2 rings (SSSR count). The van der Waals surface area contributed by atoms with Crippen molar-refractivity contribution in [2.75, 3.05) is 4.72 Å². The van der Waals surface area contributed by atoms with Crippen LogP contribution in [0.3, 0.4) is 0 Å². The Morgan fingerprint density at radius 3 is 2.05 bits per heavy atom. The lowest BCUT2D eigenvalue weighted by Crippen LogP contribution is -2.12. The number of sulfonamides is 1. The Hall–Kier alpha value is -2.47. The van der Waals surface area contributed by atoms with E-state index in [1.807, 2.05) is 0 Å². The van der Waals surface area contributed by atoms with Gasteiger partial charge in [0.05, 0.1) is 4.90 Å². The van der Waals surface area contributed by atoms with Crippen LogP contribution in [0.15, 0.2) is 53.9 Å². The van der Waals surface area contributed by atoms with Crippen LogP contribution >= 0.6 is 0 Å². The van der Waals surface area contributed by atoms with Crippen LogP contribution in [0.2, 0.25) is 0 Å². The molecule has 5 nitrogen and oxygen atoms in total. The monoisotopic (exact) mass is 291 g/mol. The van der Waals surface area contributed by atoms with Crippen LogP contribution in [0.1, 0.15) is 5.56 Å². The number of benzene rings is 2. The van der Waals surface area contributed by atoms with Crippen LogP contribution < -0.4 is 4.72 Å². The quantitative estimate of drug-likeness (QED) is 0.808. The van der Waals surface area contributed by atoms with Crippen molar-refractivity contribution in [1.29, 1.82) is 0 Å². The number of phenols is 2. The first-order valence-corrected chi connectivity index (χ1v) is 7.17. The molecule has 0 amide bonds. The minimum atomic E-state index is -3.87. The Bertz CT molecular complexity index is 716. The van der Waals surface area contributed by atoms with Gasteiger partial charge in [-0.2, -0.15) is 0 Å². The highest BCUT2D eigenvalue weighted by atomic mass is 32.2. The second kappa shape index (κ2) is 5.26. The maximum atomic E-state index is 12.1. The van der Waals surface area contributed by atoms with Gasteiger partial charge in [-0.3, -0.25) is 4.72 Å². The largest absolute Gasteiger partial charge is 0.508 e. The van der Waals surface area contributed by atoms with Gasteiger partial charge in [0.2, 0.25) is 0 Å². The smallest absolute Gasteiger partial charge is 0.262 e. The molecule has 0 unspecified atom stereocenters. The van der Waals surface area contributed by atoms with E-state index >= 15 is 0 Å². The molecule has 0 fully saturated rings. The third-order valence-electron chi connectivity index (χ3n) is 2.58. The Morgan fingerprint density at radius 1 is 1.00 bits per heavy atom. The van der Waals surface area contributed by atoms with Crippen molar-refractivity contribution < 1.29 is 18.6 Å². The summed E-state index contributed by atoms with van der Waals surface area (Å²) in [5, 5.41) is 18.7. The minimum Gasteiger partial charge on any atom is -0.508 e. The summed E-state index contributed by atoms with van der Waals surface area (Å²) in [5.74, 6) is -0.653. The molecule has 0 aromatic heterocycles. The maximum absolute atomic E-state index is 12.1. The van der Waals surface area contributed by atoms with Crippen LogP contribution in [0.4, 0.5) is 5.69 Å². The normalized spacial score (nSPS) is 11.0.